The Morgan fingerprint density at radius 3 is 2.75 bits per heavy atom. The molecule has 0 saturated heterocycles. The topological polar surface area (TPSA) is 80.7 Å². The van der Waals surface area contributed by atoms with Gasteiger partial charge in [0.15, 0.2) is 6.29 Å². The standard InChI is InChI=1S/C10H14N2O4/c1-15-9(16-2)6-12-10(14)7-3-8(13)5-11-4-7/h3-5,9,13H,6H2,1-2H3,(H,12,14). The summed E-state index contributed by atoms with van der Waals surface area (Å²) >= 11 is 0. The number of carbonyl (C=O) groups excluding carboxylic acids is 1. The van der Waals surface area contributed by atoms with Crippen LogP contribution in [0.4, 0.5) is 0 Å². The highest BCUT2D eigenvalue weighted by molar-refractivity contribution is 5.94. The van der Waals surface area contributed by atoms with E-state index in [2.05, 4.69) is 10.3 Å². The van der Waals surface area contributed by atoms with Crippen LogP contribution in [0.2, 0.25) is 0 Å². The molecule has 88 valence electrons. The lowest BCUT2D eigenvalue weighted by molar-refractivity contribution is -0.0974. The number of hydrogen-bond donors (Lipinski definition) is 2. The molecule has 6 nitrogen and oxygen atoms in total. The molecule has 2 N–H and O–H groups in total. The minimum atomic E-state index is -0.491. The van der Waals surface area contributed by atoms with E-state index in [-0.39, 0.29) is 23.8 Å². The molecule has 0 unspecified atom stereocenters. The first-order valence-corrected chi connectivity index (χ1v) is 4.65. The molecule has 0 saturated carbocycles. The Labute approximate surface area is 93.2 Å². The monoisotopic (exact) mass is 226 g/mol. The van der Waals surface area contributed by atoms with E-state index in [4.69, 9.17) is 14.6 Å². The number of pyridine rings is 1. The molecule has 1 rings (SSSR count). The van der Waals surface area contributed by atoms with E-state index < -0.39 is 6.29 Å². The quantitative estimate of drug-likeness (QED) is 0.698. The number of nitrogens with zero attached hydrogens (tertiary/aromatic N) is 1. The summed E-state index contributed by atoms with van der Waals surface area (Å²) in [5.41, 5.74) is 0.283. The van der Waals surface area contributed by atoms with Crippen LogP contribution >= 0.6 is 0 Å². The summed E-state index contributed by atoms with van der Waals surface area (Å²) in [7, 11) is 2.96. The van der Waals surface area contributed by atoms with E-state index in [1.807, 2.05) is 0 Å². The smallest absolute Gasteiger partial charge is 0.253 e. The van der Waals surface area contributed by atoms with Crippen LogP contribution in [0.1, 0.15) is 10.4 Å². The van der Waals surface area contributed by atoms with Crippen molar-refractivity contribution in [1.29, 1.82) is 0 Å². The molecule has 16 heavy (non-hydrogen) atoms. The van der Waals surface area contributed by atoms with Crippen molar-refractivity contribution >= 4 is 5.91 Å². The molecule has 6 heteroatoms. The molecule has 1 heterocycles. The zero-order chi connectivity index (χ0) is 12.0. The average molecular weight is 226 g/mol. The first kappa shape index (κ1) is 12.4. The fourth-order valence-corrected chi connectivity index (χ4v) is 1.09. The third-order valence-corrected chi connectivity index (χ3v) is 1.94. The molecule has 0 aromatic carbocycles. The van der Waals surface area contributed by atoms with Gasteiger partial charge in [0.25, 0.3) is 5.91 Å². The Morgan fingerprint density at radius 2 is 2.19 bits per heavy atom. The number of amides is 1. The molecule has 0 radical (unpaired) electrons. The van der Waals surface area contributed by atoms with Crippen LogP contribution in [-0.4, -0.2) is 43.1 Å². The summed E-state index contributed by atoms with van der Waals surface area (Å²) in [5.74, 6) is -0.398. The number of aromatic nitrogens is 1. The van der Waals surface area contributed by atoms with Crippen molar-refractivity contribution in [2.45, 2.75) is 6.29 Å². The van der Waals surface area contributed by atoms with Gasteiger partial charge in [-0.25, -0.2) is 0 Å². The number of rotatable bonds is 5. The maximum Gasteiger partial charge on any atom is 0.253 e. The average Bonchev–Trinajstić information content (AvgIpc) is 2.30. The Morgan fingerprint density at radius 1 is 1.50 bits per heavy atom. The van der Waals surface area contributed by atoms with Crippen LogP contribution in [0.25, 0.3) is 0 Å². The van der Waals surface area contributed by atoms with Gasteiger partial charge in [0.05, 0.1) is 18.3 Å². The molecule has 0 atom stereocenters. The van der Waals surface area contributed by atoms with E-state index in [1.165, 1.54) is 32.7 Å². The molecule has 1 amide bonds. The van der Waals surface area contributed by atoms with Crippen LogP contribution in [0.15, 0.2) is 18.5 Å². The van der Waals surface area contributed by atoms with Gasteiger partial charge in [-0.1, -0.05) is 0 Å². The second-order valence-corrected chi connectivity index (χ2v) is 3.04. The van der Waals surface area contributed by atoms with Gasteiger partial charge in [0.2, 0.25) is 0 Å². The molecular weight excluding hydrogens is 212 g/mol. The van der Waals surface area contributed by atoms with Crippen LogP contribution in [0.5, 0.6) is 5.75 Å². The minimum absolute atomic E-state index is 0.0531. The molecule has 0 aliphatic rings. The Bertz CT molecular complexity index is 352. The number of methoxy groups -OCH3 is 2. The van der Waals surface area contributed by atoms with Crippen molar-refractivity contribution in [2.24, 2.45) is 0 Å². The molecule has 0 bridgehead atoms. The third-order valence-electron chi connectivity index (χ3n) is 1.94. The molecule has 0 spiro atoms. The fraction of sp³-hybridized carbons (Fsp3) is 0.400. The summed E-state index contributed by atoms with van der Waals surface area (Å²) in [5, 5.41) is 11.7. The Balaban J connectivity index is 2.52. The number of hydrogen-bond acceptors (Lipinski definition) is 5. The van der Waals surface area contributed by atoms with Gasteiger partial charge in [-0.3, -0.25) is 9.78 Å². The fourth-order valence-electron chi connectivity index (χ4n) is 1.09. The van der Waals surface area contributed by atoms with Crippen molar-refractivity contribution in [2.75, 3.05) is 20.8 Å². The van der Waals surface area contributed by atoms with Gasteiger partial charge in [-0.15, -0.1) is 0 Å². The second kappa shape index (κ2) is 6.04. The van der Waals surface area contributed by atoms with Crippen molar-refractivity contribution in [3.05, 3.63) is 24.0 Å². The Kier molecular flexibility index (Phi) is 4.68. The zero-order valence-electron chi connectivity index (χ0n) is 9.14. The van der Waals surface area contributed by atoms with Crippen molar-refractivity contribution in [3.8, 4) is 5.75 Å². The van der Waals surface area contributed by atoms with Crippen LogP contribution in [-0.2, 0) is 9.47 Å². The molecule has 1 aromatic heterocycles. The van der Waals surface area contributed by atoms with E-state index >= 15 is 0 Å². The molecular formula is C10H14N2O4. The lowest BCUT2D eigenvalue weighted by atomic mass is 10.2. The molecule has 0 aliphatic heterocycles. The lowest BCUT2D eigenvalue weighted by Crippen LogP contribution is -2.34. The first-order valence-electron chi connectivity index (χ1n) is 4.65. The lowest BCUT2D eigenvalue weighted by Gasteiger charge is -2.13. The zero-order valence-corrected chi connectivity index (χ0v) is 9.14. The predicted octanol–water partition coefficient (Wildman–Crippen LogP) is 0.136. The van der Waals surface area contributed by atoms with Crippen molar-refractivity contribution < 1.29 is 19.4 Å². The summed E-state index contributed by atoms with van der Waals surface area (Å²) in [6, 6.07) is 1.33. The highest BCUT2D eigenvalue weighted by atomic mass is 16.7. The molecule has 1 aromatic rings. The Hall–Kier alpha value is -1.66. The second-order valence-electron chi connectivity index (χ2n) is 3.04. The number of aromatic hydroxyl groups is 1. The highest BCUT2D eigenvalue weighted by Gasteiger charge is 2.10. The molecule has 0 fully saturated rings. The van der Waals surface area contributed by atoms with Gasteiger partial charge in [0, 0.05) is 20.4 Å². The summed E-state index contributed by atoms with van der Waals surface area (Å²) in [6.07, 6.45) is 2.13. The largest absolute Gasteiger partial charge is 0.506 e. The highest BCUT2D eigenvalue weighted by Crippen LogP contribution is 2.08. The van der Waals surface area contributed by atoms with E-state index in [0.717, 1.165) is 0 Å². The first-order chi connectivity index (χ1) is 7.67. The van der Waals surface area contributed by atoms with Gasteiger partial charge in [-0.2, -0.15) is 0 Å². The number of carbonyl (C=O) groups is 1. The van der Waals surface area contributed by atoms with Crippen LogP contribution in [0, 0.1) is 0 Å². The maximum atomic E-state index is 11.6. The summed E-state index contributed by atoms with van der Waals surface area (Å²) in [6.45, 7) is 0.224. The summed E-state index contributed by atoms with van der Waals surface area (Å²) < 4.78 is 9.82. The normalized spacial score (nSPS) is 10.4. The number of ether oxygens (including phenoxy) is 2. The van der Waals surface area contributed by atoms with Gasteiger partial charge < -0.3 is 19.9 Å². The summed E-state index contributed by atoms with van der Waals surface area (Å²) in [4.78, 5) is 15.3. The van der Waals surface area contributed by atoms with Crippen LogP contribution < -0.4 is 5.32 Å². The van der Waals surface area contributed by atoms with E-state index in [1.54, 1.807) is 0 Å². The third kappa shape index (κ3) is 3.48. The van der Waals surface area contributed by atoms with E-state index in [9.17, 15) is 4.79 Å². The maximum absolute atomic E-state index is 11.6. The van der Waals surface area contributed by atoms with Gasteiger partial charge in [-0.05, 0) is 6.07 Å². The SMILES string of the molecule is COC(CNC(=O)c1cncc(O)c1)OC. The predicted molar refractivity (Wildman–Crippen MR) is 56.0 cm³/mol. The van der Waals surface area contributed by atoms with Crippen molar-refractivity contribution in [3.63, 3.8) is 0 Å². The number of nitrogens with one attached hydrogen (secondary N) is 1. The van der Waals surface area contributed by atoms with Crippen molar-refractivity contribution in [1.82, 2.24) is 10.3 Å². The molecule has 0 aliphatic carbocycles. The van der Waals surface area contributed by atoms with Gasteiger partial charge >= 0.3 is 0 Å². The minimum Gasteiger partial charge on any atom is -0.506 e. The van der Waals surface area contributed by atoms with E-state index in [0.29, 0.717) is 0 Å². The van der Waals surface area contributed by atoms with Crippen LogP contribution in [0.3, 0.4) is 0 Å². The van der Waals surface area contributed by atoms with Gasteiger partial charge in [0.1, 0.15) is 5.75 Å².